The van der Waals surface area contributed by atoms with E-state index in [9.17, 15) is 43.2 Å². The number of carbonyl (C=O) groups is 9. The molecule has 1 aliphatic heterocycles. The predicted octanol–water partition coefficient (Wildman–Crippen LogP) is 0.976. The monoisotopic (exact) mass is 1370 g/mol. The number of pyridine rings is 1. The van der Waals surface area contributed by atoms with E-state index >= 15 is 0 Å². The van der Waals surface area contributed by atoms with Gasteiger partial charge in [-0.3, -0.25) is 43.8 Å². The lowest BCUT2D eigenvalue weighted by Gasteiger charge is -2.19. The van der Waals surface area contributed by atoms with Gasteiger partial charge in [-0.1, -0.05) is 5.11 Å². The van der Waals surface area contributed by atoms with Gasteiger partial charge in [-0.05, 0) is 70.0 Å². The van der Waals surface area contributed by atoms with Gasteiger partial charge in [-0.15, -0.1) is 5.06 Å². The Balaban J connectivity index is 1.54. The Labute approximate surface area is 561 Å². The van der Waals surface area contributed by atoms with Crippen LogP contribution in [0.25, 0.3) is 10.4 Å². The molecule has 2 rings (SSSR count). The molecule has 1 aromatic rings. The Morgan fingerprint density at radius 1 is 0.490 bits per heavy atom. The van der Waals surface area contributed by atoms with Crippen LogP contribution < -0.4 is 37.3 Å². The fraction of sp³-hybridized carbons (Fsp3) is 0.754. The van der Waals surface area contributed by atoms with Crippen LogP contribution in [0.5, 0.6) is 0 Å². The zero-order valence-corrected chi connectivity index (χ0v) is 55.9. The van der Waals surface area contributed by atoms with Crippen LogP contribution in [-0.4, -0.2) is 273 Å². The Kier molecular flexibility index (Phi) is 53.4. The average Bonchev–Trinajstić information content (AvgIpc) is 2.31. The van der Waals surface area contributed by atoms with Crippen molar-refractivity contribution in [3.63, 3.8) is 0 Å². The molecule has 7 N–H and O–H groups in total. The molecule has 96 heavy (non-hydrogen) atoms. The van der Waals surface area contributed by atoms with Crippen molar-refractivity contribution in [2.75, 3.05) is 203 Å². The number of ether oxygens (including phenoxy) is 12. The highest BCUT2D eigenvalue weighted by atomic mass is 16.7. The molecule has 0 aliphatic carbocycles. The lowest BCUT2D eigenvalue weighted by atomic mass is 10.1. The van der Waals surface area contributed by atoms with Crippen molar-refractivity contribution in [2.45, 2.75) is 103 Å². The molecule has 1 fully saturated rings. The molecule has 0 spiro atoms. The topological polar surface area (TPSA) is 435 Å². The molecule has 1 aliphatic rings. The molecule has 35 nitrogen and oxygen atoms in total. The molecule has 2 heterocycles. The number of aromatic nitrogens is 1. The number of imide groups is 1. The van der Waals surface area contributed by atoms with Crippen molar-refractivity contribution < 1.29 is 105 Å². The Morgan fingerprint density at radius 3 is 1.42 bits per heavy atom. The first-order valence-electron chi connectivity index (χ1n) is 32.7. The van der Waals surface area contributed by atoms with E-state index in [2.05, 4.69) is 57.4 Å². The van der Waals surface area contributed by atoms with Gasteiger partial charge in [0.25, 0.3) is 17.7 Å². The summed E-state index contributed by atoms with van der Waals surface area (Å²) in [6.07, 6.45) is 4.65. The summed E-state index contributed by atoms with van der Waals surface area (Å²) < 4.78 is 66.0. The number of unbranched alkanes of at least 4 members (excludes halogenated alkanes) is 1. The van der Waals surface area contributed by atoms with Crippen molar-refractivity contribution in [1.29, 1.82) is 0 Å². The fourth-order valence-electron chi connectivity index (χ4n) is 7.77. The maximum Gasteiger partial charge on any atom is 0.335 e. The lowest BCUT2D eigenvalue weighted by Crippen LogP contribution is -2.47. The summed E-state index contributed by atoms with van der Waals surface area (Å²) in [5, 5.41) is 24.7. The molecule has 35 heteroatoms. The minimum Gasteiger partial charge on any atom is -0.379 e. The minimum absolute atomic E-state index is 0.00593. The van der Waals surface area contributed by atoms with Gasteiger partial charge in [0.1, 0.15) is 11.9 Å². The summed E-state index contributed by atoms with van der Waals surface area (Å²) in [7, 11) is 0. The van der Waals surface area contributed by atoms with Crippen LogP contribution in [0.4, 0.5) is 5.82 Å². The SMILES string of the molecule is CC(C)=NNc1ccc(C(=O)NCCOCCOCCNC(=O)CCC(=O)NCCCCC(NC(=O)CCOCCOCCOCCOCCOCCOCCOCCC(=O)ON2C(=O)CCC2=O)C(=O)NCCCOCCOCCOCCCNC(=O)CCCN=[N+]=[N-])cn1. The molecule has 1 aromatic heterocycles. The maximum atomic E-state index is 13.3. The summed E-state index contributed by atoms with van der Waals surface area (Å²) in [6, 6.07) is 2.46. The lowest BCUT2D eigenvalue weighted by molar-refractivity contribution is -0.198. The van der Waals surface area contributed by atoms with Gasteiger partial charge in [0.15, 0.2) is 0 Å². The molecule has 1 atom stereocenters. The summed E-state index contributed by atoms with van der Waals surface area (Å²) >= 11 is 0. The van der Waals surface area contributed by atoms with Crippen molar-refractivity contribution in [2.24, 2.45) is 10.2 Å². The van der Waals surface area contributed by atoms with E-state index in [1.165, 1.54) is 6.20 Å². The Morgan fingerprint density at radius 2 is 0.927 bits per heavy atom. The van der Waals surface area contributed by atoms with Crippen molar-refractivity contribution in [1.82, 2.24) is 41.9 Å². The van der Waals surface area contributed by atoms with Gasteiger partial charge in [-0.25, -0.2) is 9.78 Å². The molecule has 0 radical (unpaired) electrons. The fourth-order valence-corrected chi connectivity index (χ4v) is 7.77. The standard InChI is InChI=1S/C61H103N13O22/c1-49(2)71-72-52-11-10-50(48-68-52)60(82)67-23-29-89-35-34-88-28-22-65-55(77)13-12-54(76)63-18-4-3-8-51(61(83)66-20-7-25-85-31-37-90-36-30-84-24-6-19-64-53(75)9-5-21-69-73-62)70-56(78)16-26-86-32-38-91-40-42-93-44-46-95-47-45-94-43-41-92-39-33-87-27-17-59(81)96-74-57(79)14-15-58(74)80/h10-11,48,51H,3-9,12-47H2,1-2H3,(H,63,76)(H,64,75)(H,65,77)(H,66,83)(H,67,82)(H,68,72)(H,70,78). The highest BCUT2D eigenvalue weighted by Gasteiger charge is 2.32. The van der Waals surface area contributed by atoms with E-state index in [1.807, 2.05) is 13.8 Å². The third-order valence-corrected chi connectivity index (χ3v) is 12.7. The Hall–Kier alpha value is -7.12. The molecule has 1 unspecified atom stereocenters. The molecular weight excluding hydrogens is 1270 g/mol. The highest BCUT2D eigenvalue weighted by molar-refractivity contribution is 6.01. The number of nitrogens with one attached hydrogen (secondary N) is 7. The second-order valence-corrected chi connectivity index (χ2v) is 21.0. The van der Waals surface area contributed by atoms with Gasteiger partial charge in [0.05, 0.1) is 157 Å². The second-order valence-electron chi connectivity index (χ2n) is 21.0. The summed E-state index contributed by atoms with van der Waals surface area (Å²) in [6.45, 7) is 13.0. The number of anilines is 1. The summed E-state index contributed by atoms with van der Waals surface area (Å²) in [5.41, 5.74) is 12.3. The zero-order valence-electron chi connectivity index (χ0n) is 55.9. The highest BCUT2D eigenvalue weighted by Crippen LogP contribution is 2.13. The van der Waals surface area contributed by atoms with Crippen LogP contribution >= 0.6 is 0 Å². The molecule has 1 saturated heterocycles. The van der Waals surface area contributed by atoms with E-state index in [1.54, 1.807) is 12.1 Å². The minimum atomic E-state index is -0.843. The molecule has 8 amide bonds. The van der Waals surface area contributed by atoms with E-state index in [4.69, 9.17) is 67.2 Å². The number of hydrazone groups is 1. The van der Waals surface area contributed by atoms with Gasteiger partial charge >= 0.3 is 5.97 Å². The molecule has 544 valence electrons. The van der Waals surface area contributed by atoms with Crippen LogP contribution in [0, 0.1) is 0 Å². The predicted molar refractivity (Wildman–Crippen MR) is 345 cm³/mol. The normalized spacial score (nSPS) is 12.2. The van der Waals surface area contributed by atoms with E-state index in [-0.39, 0.29) is 147 Å². The maximum absolute atomic E-state index is 13.3. The zero-order chi connectivity index (χ0) is 69.6. The first kappa shape index (κ1) is 85.0. The Bertz CT molecular complexity index is 2370. The molecule has 0 bridgehead atoms. The van der Waals surface area contributed by atoms with Gasteiger partial charge in [-0.2, -0.15) is 5.10 Å². The number of rotatable bonds is 65. The van der Waals surface area contributed by atoms with Crippen LogP contribution in [0.2, 0.25) is 0 Å². The van der Waals surface area contributed by atoms with E-state index < -0.39 is 23.8 Å². The number of carbonyl (C=O) groups excluding carboxylic acids is 9. The van der Waals surface area contributed by atoms with E-state index in [0.717, 1.165) is 5.71 Å². The van der Waals surface area contributed by atoms with Gasteiger partial charge < -0.3 is 93.6 Å². The van der Waals surface area contributed by atoms with Crippen molar-refractivity contribution in [3.05, 3.63) is 34.3 Å². The van der Waals surface area contributed by atoms with Crippen LogP contribution in [0.15, 0.2) is 28.5 Å². The number of amides is 8. The van der Waals surface area contributed by atoms with Gasteiger partial charge in [0, 0.05) is 108 Å². The van der Waals surface area contributed by atoms with Gasteiger partial charge in [0.2, 0.25) is 29.5 Å². The third-order valence-electron chi connectivity index (χ3n) is 12.7. The van der Waals surface area contributed by atoms with Crippen molar-refractivity contribution in [3.8, 4) is 0 Å². The van der Waals surface area contributed by atoms with Crippen molar-refractivity contribution >= 4 is 64.8 Å². The van der Waals surface area contributed by atoms with Crippen LogP contribution in [0.1, 0.15) is 108 Å². The number of hydroxylamine groups is 2. The third kappa shape index (κ3) is 50.3. The summed E-state index contributed by atoms with van der Waals surface area (Å²) in [5.74, 6) is -3.00. The molecule has 0 aromatic carbocycles. The number of azide groups is 1. The van der Waals surface area contributed by atoms with Crippen LogP contribution in [-0.2, 0) is 100 Å². The quantitative estimate of drug-likeness (QED) is 0.00909. The molecular formula is C61H103N13O22. The molecule has 0 saturated carbocycles. The van der Waals surface area contributed by atoms with Crippen LogP contribution in [0.3, 0.4) is 0 Å². The number of hydrogen-bond donors (Lipinski definition) is 7. The number of nitrogens with zero attached hydrogens (tertiary/aromatic N) is 6. The second kappa shape index (κ2) is 60.3. The first-order valence-corrected chi connectivity index (χ1v) is 32.7. The average molecular weight is 1370 g/mol. The number of hydrogen-bond acceptors (Lipinski definition) is 26. The van der Waals surface area contributed by atoms with E-state index in [0.29, 0.717) is 187 Å². The smallest absolute Gasteiger partial charge is 0.335 e. The first-order chi connectivity index (χ1) is 46.8. The summed E-state index contributed by atoms with van der Waals surface area (Å²) in [4.78, 5) is 122. The largest absolute Gasteiger partial charge is 0.379 e.